The number of aromatic nitrogens is 2. The lowest BCUT2D eigenvalue weighted by Crippen LogP contribution is -2.18. The Morgan fingerprint density at radius 3 is 2.88 bits per heavy atom. The molecular weight excluding hydrogens is 447 g/mol. The third-order valence-electron chi connectivity index (χ3n) is 5.00. The van der Waals surface area contributed by atoms with E-state index in [1.165, 1.54) is 35.2 Å². The fraction of sp³-hybridized carbons (Fsp3) is 0.273. The number of hydrogen-bond donors (Lipinski definition) is 2. The van der Waals surface area contributed by atoms with E-state index >= 15 is 0 Å². The monoisotopic (exact) mass is 466 g/mol. The average Bonchev–Trinajstić information content (AvgIpc) is 3.26. The summed E-state index contributed by atoms with van der Waals surface area (Å²) in [4.78, 5) is 12.5. The second kappa shape index (κ2) is 9.96. The Balaban J connectivity index is 1.54. The van der Waals surface area contributed by atoms with Crippen molar-refractivity contribution < 1.29 is 9.13 Å². The highest BCUT2D eigenvalue weighted by atomic mass is 32.2. The molecule has 1 aliphatic heterocycles. The van der Waals surface area contributed by atoms with Gasteiger partial charge in [-0.2, -0.15) is 5.26 Å². The van der Waals surface area contributed by atoms with Gasteiger partial charge >= 0.3 is 0 Å². The van der Waals surface area contributed by atoms with E-state index in [-0.39, 0.29) is 23.2 Å². The van der Waals surface area contributed by atoms with Crippen LogP contribution in [0.3, 0.4) is 0 Å². The second-order valence-electron chi connectivity index (χ2n) is 7.14. The van der Waals surface area contributed by atoms with Gasteiger partial charge in [-0.25, -0.2) is 19.2 Å². The minimum Gasteiger partial charge on any atom is -0.392 e. The zero-order valence-electron chi connectivity index (χ0n) is 17.0. The lowest BCUT2D eigenvalue weighted by atomic mass is 9.89. The molecule has 2 aromatic heterocycles. The molecule has 7 nitrogen and oxygen atoms in total. The van der Waals surface area contributed by atoms with Crippen LogP contribution in [-0.2, 0) is 10.5 Å². The average molecular weight is 467 g/mol. The smallest absolute Gasteiger partial charge is 0.232 e. The molecule has 10 heteroatoms. The van der Waals surface area contributed by atoms with Gasteiger partial charge in [0.1, 0.15) is 22.7 Å². The molecule has 1 saturated heterocycles. The maximum atomic E-state index is 13.1. The van der Waals surface area contributed by atoms with Crippen LogP contribution >= 0.6 is 23.1 Å². The summed E-state index contributed by atoms with van der Waals surface area (Å²) in [6.07, 6.45) is 1.72. The summed E-state index contributed by atoms with van der Waals surface area (Å²) in [5.74, 6) is 0.285. The summed E-state index contributed by atoms with van der Waals surface area (Å²) >= 11 is 2.80. The van der Waals surface area contributed by atoms with E-state index in [9.17, 15) is 9.65 Å². The Bertz CT molecular complexity index is 1190. The highest BCUT2D eigenvalue weighted by Gasteiger charge is 2.27. The van der Waals surface area contributed by atoms with E-state index in [0.29, 0.717) is 40.3 Å². The Kier molecular flexibility index (Phi) is 6.86. The predicted molar refractivity (Wildman–Crippen MR) is 124 cm³/mol. The highest BCUT2D eigenvalue weighted by Crippen LogP contribution is 2.42. The fourth-order valence-electron chi connectivity index (χ4n) is 3.52. The Morgan fingerprint density at radius 1 is 1.38 bits per heavy atom. The molecule has 1 unspecified atom stereocenters. The van der Waals surface area contributed by atoms with Gasteiger partial charge < -0.3 is 15.8 Å². The van der Waals surface area contributed by atoms with E-state index in [1.807, 2.05) is 5.38 Å². The highest BCUT2D eigenvalue weighted by molar-refractivity contribution is 7.98. The predicted octanol–water partition coefficient (Wildman–Crippen LogP) is 5.61. The van der Waals surface area contributed by atoms with Crippen molar-refractivity contribution in [3.05, 3.63) is 63.7 Å². The van der Waals surface area contributed by atoms with Crippen molar-refractivity contribution in [3.63, 3.8) is 0 Å². The topological polar surface area (TPSA) is 101 Å². The third-order valence-corrected chi connectivity index (χ3v) is 6.81. The van der Waals surface area contributed by atoms with Gasteiger partial charge in [-0.3, -0.25) is 0 Å². The maximum absolute atomic E-state index is 13.1. The van der Waals surface area contributed by atoms with Crippen molar-refractivity contribution >= 4 is 45.4 Å². The number of pyridine rings is 1. The molecule has 0 spiro atoms. The number of anilines is 3. The van der Waals surface area contributed by atoms with Gasteiger partial charge in [0.05, 0.1) is 24.4 Å². The van der Waals surface area contributed by atoms with E-state index in [2.05, 4.69) is 26.2 Å². The minimum atomic E-state index is -0.296. The normalized spacial score (nSPS) is 15.7. The molecule has 1 atom stereocenters. The third kappa shape index (κ3) is 4.83. The van der Waals surface area contributed by atoms with Crippen molar-refractivity contribution in [2.75, 3.05) is 24.3 Å². The van der Waals surface area contributed by atoms with Crippen LogP contribution in [0.2, 0.25) is 0 Å². The molecule has 0 aliphatic carbocycles. The summed E-state index contributed by atoms with van der Waals surface area (Å²) in [5.41, 5.74) is 8.94. The number of rotatable bonds is 6. The van der Waals surface area contributed by atoms with Crippen LogP contribution in [-0.4, -0.2) is 23.2 Å². The number of nitriles is 1. The maximum Gasteiger partial charge on any atom is 0.232 e. The van der Waals surface area contributed by atoms with Gasteiger partial charge in [0.25, 0.3) is 0 Å². The molecule has 3 N–H and O–H groups in total. The van der Waals surface area contributed by atoms with Crippen LogP contribution in [0.15, 0.2) is 34.7 Å². The summed E-state index contributed by atoms with van der Waals surface area (Å²) in [5, 5.41) is 16.1. The molecule has 3 aromatic rings. The first kappa shape index (κ1) is 22.0. The zero-order valence-corrected chi connectivity index (χ0v) is 18.6. The molecule has 1 fully saturated rings. The summed E-state index contributed by atoms with van der Waals surface area (Å²) in [7, 11) is 0. The van der Waals surface area contributed by atoms with Crippen LogP contribution in [0.5, 0.6) is 0 Å². The standard InChI is InChI=1S/C22H19FN6OS2/c1-26-19-18(13-3-2-8-30-10-13)17(9-24)21(29-20(19)25)31-11-16-12-32-22(28-16)27-15-6-4-14(23)5-7-15/h4-7,12-13H,2-3,8,10-11H2,(H2,25,29)(H,27,28). The number of benzene rings is 1. The van der Waals surface area contributed by atoms with Crippen LogP contribution in [0.25, 0.3) is 4.85 Å². The summed E-state index contributed by atoms with van der Waals surface area (Å²) < 4.78 is 18.7. The molecule has 0 amide bonds. The number of thiazole rings is 1. The quantitative estimate of drug-likeness (QED) is 0.359. The number of nitrogens with one attached hydrogen (secondary N) is 1. The second-order valence-corrected chi connectivity index (χ2v) is 8.96. The van der Waals surface area contributed by atoms with Gasteiger partial charge in [-0.05, 0) is 48.6 Å². The molecule has 32 heavy (non-hydrogen) atoms. The van der Waals surface area contributed by atoms with Gasteiger partial charge in [0.15, 0.2) is 5.13 Å². The van der Waals surface area contributed by atoms with Crippen LogP contribution in [0.4, 0.5) is 26.7 Å². The first-order chi connectivity index (χ1) is 15.6. The number of hydrogen-bond acceptors (Lipinski definition) is 8. The minimum absolute atomic E-state index is 0.0436. The van der Waals surface area contributed by atoms with Crippen molar-refractivity contribution in [2.24, 2.45) is 0 Å². The SMILES string of the molecule is [C-]#[N+]c1c(N)nc(SCc2csc(Nc3ccc(F)cc3)n2)c(C#N)c1C1CCCOC1. The number of nitrogen functional groups attached to an aromatic ring is 1. The number of thioether (sulfide) groups is 1. The van der Waals surface area contributed by atoms with Crippen LogP contribution in [0.1, 0.15) is 35.6 Å². The number of nitrogens with two attached hydrogens (primary N) is 1. The van der Waals surface area contributed by atoms with Gasteiger partial charge in [0.2, 0.25) is 5.69 Å². The van der Waals surface area contributed by atoms with Crippen molar-refractivity contribution in [1.82, 2.24) is 9.97 Å². The van der Waals surface area contributed by atoms with E-state index < -0.39 is 0 Å². The molecule has 1 aliphatic rings. The van der Waals surface area contributed by atoms with Gasteiger partial charge in [-0.1, -0.05) is 11.8 Å². The fourth-order valence-corrected chi connectivity index (χ4v) is 5.25. The largest absolute Gasteiger partial charge is 0.392 e. The lowest BCUT2D eigenvalue weighted by Gasteiger charge is -2.25. The van der Waals surface area contributed by atoms with Crippen molar-refractivity contribution in [3.8, 4) is 6.07 Å². The summed E-state index contributed by atoms with van der Waals surface area (Å²) in [6.45, 7) is 8.70. The molecule has 0 bridgehead atoms. The Hall–Kier alpha value is -3.18. The first-order valence-corrected chi connectivity index (χ1v) is 11.7. The Morgan fingerprint density at radius 2 is 2.19 bits per heavy atom. The molecule has 4 rings (SSSR count). The van der Waals surface area contributed by atoms with Gasteiger partial charge in [0, 0.05) is 23.4 Å². The number of ether oxygens (including phenoxy) is 1. The van der Waals surface area contributed by atoms with Crippen molar-refractivity contribution in [2.45, 2.75) is 29.5 Å². The molecule has 1 aromatic carbocycles. The van der Waals surface area contributed by atoms with Gasteiger partial charge in [-0.15, -0.1) is 11.3 Å². The summed E-state index contributed by atoms with van der Waals surface area (Å²) in [6, 6.07) is 8.30. The van der Waals surface area contributed by atoms with E-state index in [1.54, 1.807) is 12.1 Å². The van der Waals surface area contributed by atoms with E-state index in [0.717, 1.165) is 24.2 Å². The van der Waals surface area contributed by atoms with E-state index in [4.69, 9.17) is 17.0 Å². The van der Waals surface area contributed by atoms with Crippen LogP contribution in [0, 0.1) is 23.7 Å². The molecule has 3 heterocycles. The zero-order chi connectivity index (χ0) is 22.5. The number of halogens is 1. The molecule has 0 saturated carbocycles. The molecule has 162 valence electrons. The van der Waals surface area contributed by atoms with Crippen LogP contribution < -0.4 is 11.1 Å². The Labute approximate surface area is 193 Å². The first-order valence-electron chi connectivity index (χ1n) is 9.87. The lowest BCUT2D eigenvalue weighted by molar-refractivity contribution is 0.0805. The number of nitrogens with zero attached hydrogens (tertiary/aromatic N) is 4. The molecular formula is C22H19FN6OS2. The molecule has 0 radical (unpaired) electrons. The van der Waals surface area contributed by atoms with Crippen molar-refractivity contribution in [1.29, 1.82) is 5.26 Å².